The molecule has 0 saturated heterocycles. The maximum Gasteiger partial charge on any atom is 0.343 e. The first-order valence-electron chi connectivity index (χ1n) is 9.32. The summed E-state index contributed by atoms with van der Waals surface area (Å²) in [4.78, 5) is 12.9. The van der Waals surface area contributed by atoms with Gasteiger partial charge in [-0.2, -0.15) is 0 Å². The zero-order chi connectivity index (χ0) is 21.3. The van der Waals surface area contributed by atoms with Crippen molar-refractivity contribution in [3.63, 3.8) is 0 Å². The normalized spacial score (nSPS) is 12.2. The molecule has 1 heterocycles. The molecule has 1 N–H and O–H groups in total. The summed E-state index contributed by atoms with van der Waals surface area (Å²) in [6.07, 6.45) is 0. The lowest BCUT2D eigenvalue weighted by Gasteiger charge is -2.36. The maximum absolute atomic E-state index is 12.9. The Morgan fingerprint density at radius 1 is 1.25 bits per heavy atom. The second-order valence-corrected chi connectivity index (χ2v) is 13.9. The van der Waals surface area contributed by atoms with Gasteiger partial charge in [0.25, 0.3) is 8.32 Å². The number of carbonyl (C=O) groups excluding carboxylic acids is 1. The van der Waals surface area contributed by atoms with Crippen LogP contribution in [0.5, 0.6) is 5.75 Å². The third-order valence-corrected chi connectivity index (χ3v) is 10.5. The molecule has 5 nitrogen and oxygen atoms in total. The molecule has 2 rings (SSSR count). The average molecular weight is 468 g/mol. The van der Waals surface area contributed by atoms with Gasteiger partial charge in [0, 0.05) is 16.6 Å². The number of hydrogen-bond acceptors (Lipinski definition) is 4. The number of nitrogens with zero attached hydrogens (tertiary/aromatic N) is 1. The molecule has 0 fully saturated rings. The number of methoxy groups -OCH3 is 1. The van der Waals surface area contributed by atoms with Crippen LogP contribution in [0.4, 0.5) is 0 Å². The molecule has 0 aliphatic carbocycles. The van der Waals surface area contributed by atoms with E-state index in [9.17, 15) is 9.90 Å². The number of ether oxygens (including phenoxy) is 1. The van der Waals surface area contributed by atoms with Crippen molar-refractivity contribution in [2.75, 3.05) is 13.7 Å². The molecule has 0 radical (unpaired) electrons. The van der Waals surface area contributed by atoms with E-state index < -0.39 is 14.3 Å². The van der Waals surface area contributed by atoms with Gasteiger partial charge >= 0.3 is 5.97 Å². The van der Waals surface area contributed by atoms with Gasteiger partial charge in [-0.3, -0.25) is 0 Å². The number of carbonyl (C=O) groups is 1. The Kier molecular flexibility index (Phi) is 6.84. The minimum Gasteiger partial charge on any atom is -0.542 e. The summed E-state index contributed by atoms with van der Waals surface area (Å²) in [5.74, 6) is 0.108. The summed E-state index contributed by atoms with van der Waals surface area (Å²) < 4.78 is 14.5. The van der Waals surface area contributed by atoms with Crippen molar-refractivity contribution < 1.29 is 19.1 Å². The van der Waals surface area contributed by atoms with E-state index in [0.29, 0.717) is 23.6 Å². The van der Waals surface area contributed by atoms with Crippen LogP contribution in [0, 0.1) is 6.92 Å². The highest BCUT2D eigenvalue weighted by Crippen LogP contribution is 2.44. The van der Waals surface area contributed by atoms with Gasteiger partial charge in [0.2, 0.25) is 0 Å². The van der Waals surface area contributed by atoms with Crippen LogP contribution in [0.15, 0.2) is 28.7 Å². The quantitative estimate of drug-likeness (QED) is 0.456. The van der Waals surface area contributed by atoms with Gasteiger partial charge in [-0.25, -0.2) is 4.79 Å². The number of benzene rings is 1. The highest BCUT2D eigenvalue weighted by Gasteiger charge is 2.41. The molecule has 28 heavy (non-hydrogen) atoms. The summed E-state index contributed by atoms with van der Waals surface area (Å²) >= 11 is 3.59. The van der Waals surface area contributed by atoms with Crippen LogP contribution in [0.25, 0.3) is 11.3 Å². The van der Waals surface area contributed by atoms with E-state index in [-0.39, 0.29) is 11.6 Å². The Bertz CT molecular complexity index is 868. The third-order valence-electron chi connectivity index (χ3n) is 5.47. The molecule has 0 amide bonds. The maximum atomic E-state index is 12.9. The predicted octanol–water partition coefficient (Wildman–Crippen LogP) is 5.39. The molecular formula is C21H30BrNO4Si. The van der Waals surface area contributed by atoms with Gasteiger partial charge in [-0.15, -0.1) is 0 Å². The number of rotatable bonds is 6. The predicted molar refractivity (Wildman–Crippen MR) is 119 cm³/mol. The Balaban J connectivity index is 2.85. The SMILES string of the molecule is COC(=O)c1c(O[Si](C)(C)C(C)(C)C)c(C)n(CCO)c1-c1ccccc1Br. The van der Waals surface area contributed by atoms with Crippen molar-refractivity contribution in [1.29, 1.82) is 0 Å². The number of hydrogen-bond donors (Lipinski definition) is 1. The Hall–Kier alpha value is -1.57. The zero-order valence-corrected chi connectivity index (χ0v) is 20.3. The van der Waals surface area contributed by atoms with Crippen LogP contribution < -0.4 is 4.43 Å². The number of aliphatic hydroxyl groups excluding tert-OH is 1. The number of halogens is 1. The first kappa shape index (κ1) is 22.7. The minimum atomic E-state index is -2.21. The lowest BCUT2D eigenvalue weighted by Crippen LogP contribution is -2.44. The second kappa shape index (κ2) is 8.43. The molecule has 1 aromatic carbocycles. The first-order valence-corrected chi connectivity index (χ1v) is 13.0. The van der Waals surface area contributed by atoms with Crippen LogP contribution in [0.1, 0.15) is 36.8 Å². The van der Waals surface area contributed by atoms with Gasteiger partial charge < -0.3 is 18.8 Å². The van der Waals surface area contributed by atoms with Crippen molar-refractivity contribution in [3.05, 3.63) is 40.0 Å². The molecule has 0 atom stereocenters. The smallest absolute Gasteiger partial charge is 0.343 e. The van der Waals surface area contributed by atoms with Gasteiger partial charge in [-0.05, 0) is 31.1 Å². The molecule has 0 unspecified atom stereocenters. The molecule has 1 aromatic heterocycles. The average Bonchev–Trinajstić information content (AvgIpc) is 2.86. The van der Waals surface area contributed by atoms with E-state index in [0.717, 1.165) is 15.7 Å². The van der Waals surface area contributed by atoms with E-state index in [2.05, 4.69) is 49.8 Å². The summed E-state index contributed by atoms with van der Waals surface area (Å²) in [5.41, 5.74) is 2.76. The van der Waals surface area contributed by atoms with Crippen LogP contribution in [-0.4, -0.2) is 37.7 Å². The van der Waals surface area contributed by atoms with E-state index in [1.807, 2.05) is 35.8 Å². The molecule has 0 spiro atoms. The summed E-state index contributed by atoms with van der Waals surface area (Å²) in [7, 11) is -0.834. The highest BCUT2D eigenvalue weighted by atomic mass is 79.9. The van der Waals surface area contributed by atoms with E-state index in [4.69, 9.17) is 9.16 Å². The first-order chi connectivity index (χ1) is 13.0. The summed E-state index contributed by atoms with van der Waals surface area (Å²) in [5, 5.41) is 9.63. The fourth-order valence-electron chi connectivity index (χ4n) is 2.85. The van der Waals surface area contributed by atoms with Crippen molar-refractivity contribution >= 4 is 30.2 Å². The summed E-state index contributed by atoms with van der Waals surface area (Å²) in [6, 6.07) is 7.71. The zero-order valence-electron chi connectivity index (χ0n) is 17.7. The minimum absolute atomic E-state index is 0.0284. The van der Waals surface area contributed by atoms with Crippen molar-refractivity contribution in [2.45, 2.75) is 52.4 Å². The molecule has 2 aromatic rings. The number of aromatic nitrogens is 1. The van der Waals surface area contributed by atoms with Gasteiger partial charge in [0.15, 0.2) is 0 Å². The van der Waals surface area contributed by atoms with Crippen molar-refractivity contribution in [3.8, 4) is 17.0 Å². The Morgan fingerprint density at radius 2 is 1.86 bits per heavy atom. The van der Waals surface area contributed by atoms with Gasteiger partial charge in [0.05, 0.1) is 25.1 Å². The van der Waals surface area contributed by atoms with Crippen LogP contribution >= 0.6 is 15.9 Å². The largest absolute Gasteiger partial charge is 0.542 e. The fourth-order valence-corrected chi connectivity index (χ4v) is 4.39. The monoisotopic (exact) mass is 467 g/mol. The lowest BCUT2D eigenvalue weighted by atomic mass is 10.1. The second-order valence-electron chi connectivity index (χ2n) is 8.35. The van der Waals surface area contributed by atoms with E-state index in [1.165, 1.54) is 7.11 Å². The van der Waals surface area contributed by atoms with E-state index in [1.54, 1.807) is 0 Å². The van der Waals surface area contributed by atoms with Crippen molar-refractivity contribution in [2.24, 2.45) is 0 Å². The van der Waals surface area contributed by atoms with Crippen LogP contribution in [0.3, 0.4) is 0 Å². The number of esters is 1. The lowest BCUT2D eigenvalue weighted by molar-refractivity contribution is 0.0599. The van der Waals surface area contributed by atoms with Gasteiger partial charge in [0.1, 0.15) is 11.3 Å². The van der Waals surface area contributed by atoms with Crippen molar-refractivity contribution in [1.82, 2.24) is 4.57 Å². The molecule has 0 aliphatic rings. The Labute approximate surface area is 176 Å². The molecule has 0 saturated carbocycles. The van der Waals surface area contributed by atoms with Crippen LogP contribution in [0.2, 0.25) is 18.1 Å². The van der Waals surface area contributed by atoms with E-state index >= 15 is 0 Å². The summed E-state index contributed by atoms with van der Waals surface area (Å²) in [6.45, 7) is 13.0. The molecule has 7 heteroatoms. The fraction of sp³-hybridized carbons (Fsp3) is 0.476. The molecule has 154 valence electrons. The topological polar surface area (TPSA) is 60.7 Å². The molecular weight excluding hydrogens is 438 g/mol. The molecule has 0 bridgehead atoms. The van der Waals surface area contributed by atoms with Crippen LogP contribution in [-0.2, 0) is 11.3 Å². The third kappa shape index (κ3) is 4.21. The Morgan fingerprint density at radius 3 is 2.36 bits per heavy atom. The number of aliphatic hydroxyl groups is 1. The highest BCUT2D eigenvalue weighted by molar-refractivity contribution is 9.10. The van der Waals surface area contributed by atoms with Gasteiger partial charge in [-0.1, -0.05) is 54.9 Å². The standard InChI is InChI=1S/C21H30BrNO4Si/c1-14-19(27-28(6,7)21(2,3)4)17(20(25)26-5)18(23(14)12-13-24)15-10-8-9-11-16(15)22/h8-11,24H,12-13H2,1-7H3. The molecule has 0 aliphatic heterocycles.